The zero-order chi connectivity index (χ0) is 24.2. The van der Waals surface area contributed by atoms with E-state index >= 15 is 0 Å². The van der Waals surface area contributed by atoms with Gasteiger partial charge in [0.05, 0.1) is 0 Å². The van der Waals surface area contributed by atoms with Gasteiger partial charge in [0, 0.05) is 44.8 Å². The van der Waals surface area contributed by atoms with Crippen molar-refractivity contribution >= 4 is 22.0 Å². The van der Waals surface area contributed by atoms with Gasteiger partial charge in [-0.15, -0.1) is 0 Å². The summed E-state index contributed by atoms with van der Waals surface area (Å²) in [6, 6.07) is 6.69. The second-order valence-electron chi connectivity index (χ2n) is 9.55. The molecule has 8 nitrogen and oxygen atoms in total. The van der Waals surface area contributed by atoms with Crippen LogP contribution in [0.5, 0.6) is 0 Å². The summed E-state index contributed by atoms with van der Waals surface area (Å²) in [6.07, 6.45) is 5.12. The summed E-state index contributed by atoms with van der Waals surface area (Å²) < 4.78 is 29.3. The number of carbonyl (C=O) groups excluding carboxylic acids is 2. The molecule has 0 bridgehead atoms. The Bertz CT molecular complexity index is 936. The molecule has 184 valence electrons. The van der Waals surface area contributed by atoms with Gasteiger partial charge in [-0.25, -0.2) is 0 Å². The van der Waals surface area contributed by atoms with Gasteiger partial charge in [0.2, 0.25) is 5.91 Å². The molecule has 33 heavy (non-hydrogen) atoms. The van der Waals surface area contributed by atoms with Crippen LogP contribution in [0.15, 0.2) is 24.3 Å². The molecule has 1 aromatic rings. The van der Waals surface area contributed by atoms with E-state index in [0.717, 1.165) is 31.2 Å². The van der Waals surface area contributed by atoms with Gasteiger partial charge in [0.25, 0.3) is 16.1 Å². The van der Waals surface area contributed by atoms with Crippen molar-refractivity contribution in [3.8, 4) is 0 Å². The van der Waals surface area contributed by atoms with Crippen LogP contribution in [-0.4, -0.2) is 79.1 Å². The molecule has 1 saturated heterocycles. The maximum absolute atomic E-state index is 13.3. The number of piperazine rings is 1. The maximum atomic E-state index is 13.3. The first-order chi connectivity index (χ1) is 15.6. The van der Waals surface area contributed by atoms with Crippen molar-refractivity contribution in [2.75, 3.05) is 33.2 Å². The number of carbonyl (C=O) groups is 2. The Labute approximate surface area is 198 Å². The Morgan fingerprint density at radius 3 is 2.21 bits per heavy atom. The Morgan fingerprint density at radius 1 is 1.03 bits per heavy atom. The number of benzene rings is 1. The molecule has 1 unspecified atom stereocenters. The quantitative estimate of drug-likeness (QED) is 0.652. The van der Waals surface area contributed by atoms with Crippen LogP contribution in [-0.2, 0) is 15.0 Å². The average molecular weight is 479 g/mol. The molecule has 1 aliphatic carbocycles. The van der Waals surface area contributed by atoms with Crippen molar-refractivity contribution < 1.29 is 18.0 Å². The van der Waals surface area contributed by atoms with E-state index in [1.165, 1.54) is 15.0 Å². The van der Waals surface area contributed by atoms with Crippen molar-refractivity contribution in [2.45, 2.75) is 65.0 Å². The maximum Gasteiger partial charge on any atom is 0.282 e. The number of aryl methyl sites for hydroxylation is 1. The van der Waals surface area contributed by atoms with Gasteiger partial charge >= 0.3 is 0 Å². The first-order valence-electron chi connectivity index (χ1n) is 12.0. The molecule has 1 aromatic carbocycles. The minimum Gasteiger partial charge on any atom is -0.340 e. The molecule has 0 spiro atoms. The Kier molecular flexibility index (Phi) is 8.53. The second-order valence-corrected chi connectivity index (χ2v) is 11.5. The van der Waals surface area contributed by atoms with E-state index in [4.69, 9.17) is 0 Å². The molecule has 1 N–H and O–H groups in total. The predicted octanol–water partition coefficient (Wildman–Crippen LogP) is 2.40. The zero-order valence-electron chi connectivity index (χ0n) is 20.3. The third-order valence-corrected chi connectivity index (χ3v) is 8.98. The van der Waals surface area contributed by atoms with Gasteiger partial charge in [0.1, 0.15) is 6.04 Å². The summed E-state index contributed by atoms with van der Waals surface area (Å²) in [5.41, 5.74) is 1.41. The topological polar surface area (TPSA) is 90.0 Å². The van der Waals surface area contributed by atoms with E-state index in [0.29, 0.717) is 18.7 Å². The van der Waals surface area contributed by atoms with Crippen LogP contribution in [0.25, 0.3) is 0 Å². The van der Waals surface area contributed by atoms with E-state index in [9.17, 15) is 18.0 Å². The molecule has 9 heteroatoms. The minimum atomic E-state index is -3.55. The Balaban J connectivity index is 1.61. The van der Waals surface area contributed by atoms with E-state index in [-0.39, 0.29) is 36.9 Å². The van der Waals surface area contributed by atoms with Crippen LogP contribution in [0.4, 0.5) is 0 Å². The fourth-order valence-corrected chi connectivity index (χ4v) is 6.29. The van der Waals surface area contributed by atoms with Gasteiger partial charge in [-0.1, -0.05) is 51.3 Å². The highest BCUT2D eigenvalue weighted by Crippen LogP contribution is 2.25. The van der Waals surface area contributed by atoms with Gasteiger partial charge in [-0.05, 0) is 37.3 Å². The normalized spacial score (nSPS) is 19.6. The monoisotopic (exact) mass is 478 g/mol. The number of amides is 2. The van der Waals surface area contributed by atoms with Gasteiger partial charge in [0.15, 0.2) is 0 Å². The number of nitrogens with zero attached hydrogens (tertiary/aromatic N) is 3. The minimum absolute atomic E-state index is 0.0605. The van der Waals surface area contributed by atoms with Crippen LogP contribution in [0.3, 0.4) is 0 Å². The molecule has 2 aliphatic rings. The van der Waals surface area contributed by atoms with Crippen molar-refractivity contribution in [1.82, 2.24) is 18.8 Å². The zero-order valence-corrected chi connectivity index (χ0v) is 21.1. The first-order valence-corrected chi connectivity index (χ1v) is 13.4. The highest BCUT2D eigenvalue weighted by molar-refractivity contribution is 7.86. The summed E-state index contributed by atoms with van der Waals surface area (Å²) in [7, 11) is -1.87. The van der Waals surface area contributed by atoms with Crippen LogP contribution >= 0.6 is 0 Å². The molecule has 0 aromatic heterocycles. The van der Waals surface area contributed by atoms with E-state index in [2.05, 4.69) is 5.32 Å². The lowest BCUT2D eigenvalue weighted by Gasteiger charge is -2.39. The molecule has 3 rings (SSSR count). The molecule has 2 amide bonds. The highest BCUT2D eigenvalue weighted by atomic mass is 32.2. The smallest absolute Gasteiger partial charge is 0.282 e. The second kappa shape index (κ2) is 11.0. The van der Waals surface area contributed by atoms with Crippen LogP contribution in [0.1, 0.15) is 61.9 Å². The van der Waals surface area contributed by atoms with E-state index in [1.54, 1.807) is 24.1 Å². The fraction of sp³-hybridized carbons (Fsp3) is 0.667. The average Bonchev–Trinajstić information content (AvgIpc) is 2.82. The third kappa shape index (κ3) is 5.94. The fourth-order valence-electron chi connectivity index (χ4n) is 4.71. The highest BCUT2D eigenvalue weighted by Gasteiger charge is 2.37. The molecule has 1 heterocycles. The molecule has 1 saturated carbocycles. The lowest BCUT2D eigenvalue weighted by Crippen LogP contribution is -2.59. The number of hydrogen-bond donors (Lipinski definition) is 1. The predicted molar refractivity (Wildman–Crippen MR) is 129 cm³/mol. The van der Waals surface area contributed by atoms with E-state index < -0.39 is 16.3 Å². The van der Waals surface area contributed by atoms with Crippen molar-refractivity contribution in [1.29, 1.82) is 0 Å². The number of nitrogens with one attached hydrogen (secondary N) is 1. The molecule has 1 atom stereocenters. The van der Waals surface area contributed by atoms with Crippen LogP contribution in [0, 0.1) is 12.8 Å². The lowest BCUT2D eigenvalue weighted by atomic mass is 9.96. The molecular weight excluding hydrogens is 440 g/mol. The lowest BCUT2D eigenvalue weighted by molar-refractivity contribution is -0.135. The summed E-state index contributed by atoms with van der Waals surface area (Å²) in [5.74, 6) is -0.523. The van der Waals surface area contributed by atoms with Gasteiger partial charge in [-0.2, -0.15) is 17.0 Å². The molecule has 1 aliphatic heterocycles. The summed E-state index contributed by atoms with van der Waals surface area (Å²) in [5, 5.41) is 2.90. The summed E-state index contributed by atoms with van der Waals surface area (Å²) >= 11 is 0. The Morgan fingerprint density at radius 2 is 1.64 bits per heavy atom. The van der Waals surface area contributed by atoms with Gasteiger partial charge in [-0.3, -0.25) is 9.59 Å². The van der Waals surface area contributed by atoms with Crippen molar-refractivity contribution in [3.05, 3.63) is 35.4 Å². The molecular formula is C24H38N4O4S. The van der Waals surface area contributed by atoms with Gasteiger partial charge < -0.3 is 10.2 Å². The van der Waals surface area contributed by atoms with Crippen LogP contribution in [0.2, 0.25) is 0 Å². The standard InChI is InChI=1S/C24H38N4O4S/c1-18(2)22(25-23(29)21-13-9-8-10-19(21)3)24(30)27-14-16-28(17-15-27)33(31,32)26(4)20-11-6-5-7-12-20/h8-10,13,18,20,22H,5-7,11-12,14-17H2,1-4H3,(H,25,29). The number of hydrogen-bond acceptors (Lipinski definition) is 4. The number of rotatable bonds is 7. The first kappa shape index (κ1) is 25.6. The largest absolute Gasteiger partial charge is 0.340 e. The van der Waals surface area contributed by atoms with Crippen molar-refractivity contribution in [3.63, 3.8) is 0 Å². The molecule has 2 fully saturated rings. The summed E-state index contributed by atoms with van der Waals surface area (Å²) in [4.78, 5) is 27.7. The molecule has 0 radical (unpaired) electrons. The Hall–Kier alpha value is -1.97. The summed E-state index contributed by atoms with van der Waals surface area (Å²) in [6.45, 7) is 6.84. The SMILES string of the molecule is Cc1ccccc1C(=O)NC(C(=O)N1CCN(S(=O)(=O)N(C)C2CCCCC2)CC1)C(C)C. The third-order valence-electron chi connectivity index (χ3n) is 6.94. The van der Waals surface area contributed by atoms with Crippen LogP contribution < -0.4 is 5.32 Å². The van der Waals surface area contributed by atoms with E-state index in [1.807, 2.05) is 32.9 Å². The van der Waals surface area contributed by atoms with Crippen molar-refractivity contribution in [2.24, 2.45) is 5.92 Å².